The minimum absolute atomic E-state index is 0.222. The SMILES string of the molecule is CN(Cc1cc2nc(-c3ccc(C(F)(F)F)cc3)nc(N3CCOCC3)c2s1)c1ncc(C(N)=O)cn1. The van der Waals surface area contributed by atoms with E-state index >= 15 is 0 Å². The number of carbonyl (C=O) groups excluding carboxylic acids is 1. The van der Waals surface area contributed by atoms with Gasteiger partial charge in [0.15, 0.2) is 11.6 Å². The number of ether oxygens (including phenoxy) is 1. The normalized spacial score (nSPS) is 14.2. The zero-order valence-electron chi connectivity index (χ0n) is 19.7. The summed E-state index contributed by atoms with van der Waals surface area (Å²) in [7, 11) is 1.83. The van der Waals surface area contributed by atoms with Crippen LogP contribution in [-0.2, 0) is 17.5 Å². The second kappa shape index (κ2) is 9.90. The predicted octanol–water partition coefficient (Wildman–Crippen LogP) is 3.74. The topological polar surface area (TPSA) is 110 Å². The number of alkyl halides is 3. The second-order valence-corrected chi connectivity index (χ2v) is 9.60. The number of rotatable bonds is 6. The molecule has 2 N–H and O–H groups in total. The number of hydrogen-bond acceptors (Lipinski definition) is 9. The lowest BCUT2D eigenvalue weighted by molar-refractivity contribution is -0.137. The van der Waals surface area contributed by atoms with Crippen molar-refractivity contribution in [2.45, 2.75) is 12.7 Å². The van der Waals surface area contributed by atoms with Crippen LogP contribution in [0.3, 0.4) is 0 Å². The number of fused-ring (bicyclic) bond motifs is 1. The number of thiophene rings is 1. The van der Waals surface area contributed by atoms with Gasteiger partial charge in [0.1, 0.15) is 0 Å². The van der Waals surface area contributed by atoms with Crippen molar-refractivity contribution < 1.29 is 22.7 Å². The van der Waals surface area contributed by atoms with Crippen LogP contribution < -0.4 is 15.5 Å². The van der Waals surface area contributed by atoms with Crippen LogP contribution in [0.5, 0.6) is 0 Å². The molecule has 0 atom stereocenters. The van der Waals surface area contributed by atoms with Gasteiger partial charge in [-0.1, -0.05) is 12.1 Å². The Hall–Kier alpha value is -3.84. The van der Waals surface area contributed by atoms with E-state index in [0.29, 0.717) is 55.7 Å². The maximum Gasteiger partial charge on any atom is 0.416 e. The van der Waals surface area contributed by atoms with Gasteiger partial charge < -0.3 is 20.3 Å². The number of benzene rings is 1. The van der Waals surface area contributed by atoms with Crippen LogP contribution in [0.25, 0.3) is 21.6 Å². The number of morpholine rings is 1. The molecule has 1 aromatic carbocycles. The third-order valence-corrected chi connectivity index (χ3v) is 6.95. The van der Waals surface area contributed by atoms with Crippen LogP contribution in [-0.4, -0.2) is 59.2 Å². The van der Waals surface area contributed by atoms with Crippen LogP contribution in [0.1, 0.15) is 20.8 Å². The largest absolute Gasteiger partial charge is 0.416 e. The Balaban J connectivity index is 1.49. The number of hydrogen-bond donors (Lipinski definition) is 1. The first-order valence-corrected chi connectivity index (χ1v) is 12.1. The monoisotopic (exact) mass is 529 g/mol. The fraction of sp³-hybridized carbons (Fsp3) is 0.292. The molecular formula is C24H22F3N7O2S. The molecule has 4 aromatic rings. The highest BCUT2D eigenvalue weighted by Gasteiger charge is 2.30. The summed E-state index contributed by atoms with van der Waals surface area (Å²) in [6.07, 6.45) is -1.66. The summed E-state index contributed by atoms with van der Waals surface area (Å²) < 4.78 is 45.5. The van der Waals surface area contributed by atoms with E-state index in [1.807, 2.05) is 18.0 Å². The van der Waals surface area contributed by atoms with Crippen LogP contribution >= 0.6 is 11.3 Å². The maximum absolute atomic E-state index is 13.0. The molecule has 1 amide bonds. The molecule has 0 saturated carbocycles. The first kappa shape index (κ1) is 24.8. The molecule has 5 rings (SSSR count). The van der Waals surface area contributed by atoms with Crippen molar-refractivity contribution in [2.75, 3.05) is 43.2 Å². The van der Waals surface area contributed by atoms with E-state index < -0.39 is 17.6 Å². The Morgan fingerprint density at radius 1 is 1.14 bits per heavy atom. The highest BCUT2D eigenvalue weighted by atomic mass is 32.1. The van der Waals surface area contributed by atoms with Crippen molar-refractivity contribution in [3.63, 3.8) is 0 Å². The summed E-state index contributed by atoms with van der Waals surface area (Å²) in [5, 5.41) is 0. The van der Waals surface area contributed by atoms with Gasteiger partial charge in [0.25, 0.3) is 5.91 Å². The molecule has 0 bridgehead atoms. The van der Waals surface area contributed by atoms with Gasteiger partial charge in [-0.3, -0.25) is 4.79 Å². The Bertz CT molecular complexity index is 1420. The van der Waals surface area contributed by atoms with E-state index in [1.165, 1.54) is 35.9 Å². The number of amides is 1. The van der Waals surface area contributed by atoms with Crippen molar-refractivity contribution in [1.29, 1.82) is 0 Å². The first-order chi connectivity index (χ1) is 17.7. The summed E-state index contributed by atoms with van der Waals surface area (Å²) in [6, 6.07) is 6.79. The Morgan fingerprint density at radius 2 is 1.81 bits per heavy atom. The van der Waals surface area contributed by atoms with E-state index in [2.05, 4.69) is 19.9 Å². The minimum Gasteiger partial charge on any atom is -0.378 e. The molecule has 4 heterocycles. The Morgan fingerprint density at radius 3 is 2.43 bits per heavy atom. The Labute approximate surface area is 213 Å². The van der Waals surface area contributed by atoms with Gasteiger partial charge in [-0.25, -0.2) is 19.9 Å². The van der Waals surface area contributed by atoms with E-state index in [0.717, 1.165) is 27.5 Å². The van der Waals surface area contributed by atoms with E-state index in [4.69, 9.17) is 15.5 Å². The van der Waals surface area contributed by atoms with E-state index in [9.17, 15) is 18.0 Å². The van der Waals surface area contributed by atoms with Gasteiger partial charge in [0.05, 0.1) is 41.1 Å². The molecule has 0 aliphatic carbocycles. The molecule has 1 saturated heterocycles. The van der Waals surface area contributed by atoms with Crippen molar-refractivity contribution in [3.8, 4) is 11.4 Å². The summed E-state index contributed by atoms with van der Waals surface area (Å²) in [5.74, 6) is 0.902. The van der Waals surface area contributed by atoms with E-state index in [-0.39, 0.29) is 5.56 Å². The molecule has 13 heteroatoms. The zero-order chi connectivity index (χ0) is 26.2. The number of halogens is 3. The second-order valence-electron chi connectivity index (χ2n) is 8.46. The molecule has 1 aliphatic heterocycles. The summed E-state index contributed by atoms with van der Waals surface area (Å²) >= 11 is 1.53. The maximum atomic E-state index is 13.0. The van der Waals surface area contributed by atoms with Crippen LogP contribution in [0, 0.1) is 0 Å². The van der Waals surface area contributed by atoms with Crippen LogP contribution in [0.15, 0.2) is 42.7 Å². The van der Waals surface area contributed by atoms with Crippen molar-refractivity contribution in [1.82, 2.24) is 19.9 Å². The summed E-state index contributed by atoms with van der Waals surface area (Å²) in [5.41, 5.74) is 5.95. The van der Waals surface area contributed by atoms with E-state index in [1.54, 1.807) is 0 Å². The number of carbonyl (C=O) groups is 1. The van der Waals surface area contributed by atoms with Crippen LogP contribution in [0.4, 0.5) is 24.9 Å². The minimum atomic E-state index is -4.42. The average molecular weight is 530 g/mol. The highest BCUT2D eigenvalue weighted by Crippen LogP contribution is 2.36. The standard InChI is InChI=1S/C24H22F3N7O2S/c1-33(23-29-11-15(12-30-23)20(28)35)13-17-10-18-19(37-17)22(34-6-8-36-9-7-34)32-21(31-18)14-2-4-16(5-3-14)24(25,26)27/h2-5,10-12H,6-9,13H2,1H3,(H2,28,35). The van der Waals surface area contributed by atoms with Crippen molar-refractivity contribution in [2.24, 2.45) is 5.73 Å². The molecular weight excluding hydrogens is 507 g/mol. The van der Waals surface area contributed by atoms with Gasteiger partial charge >= 0.3 is 6.18 Å². The summed E-state index contributed by atoms with van der Waals surface area (Å²) in [4.78, 5) is 34.1. The molecule has 37 heavy (non-hydrogen) atoms. The number of primary amides is 1. The van der Waals surface area contributed by atoms with Gasteiger partial charge in [0, 0.05) is 43.0 Å². The molecule has 9 nitrogen and oxygen atoms in total. The quantitative estimate of drug-likeness (QED) is 0.402. The van der Waals surface area contributed by atoms with Crippen LogP contribution in [0.2, 0.25) is 0 Å². The highest BCUT2D eigenvalue weighted by molar-refractivity contribution is 7.19. The Kier molecular flexibility index (Phi) is 6.65. The number of anilines is 2. The molecule has 3 aromatic heterocycles. The van der Waals surface area contributed by atoms with Gasteiger partial charge in [-0.05, 0) is 18.2 Å². The summed E-state index contributed by atoms with van der Waals surface area (Å²) in [6.45, 7) is 2.87. The molecule has 1 aliphatic rings. The lowest BCUT2D eigenvalue weighted by atomic mass is 10.1. The van der Waals surface area contributed by atoms with Gasteiger partial charge in [-0.2, -0.15) is 13.2 Å². The fourth-order valence-corrected chi connectivity index (χ4v) is 5.09. The lowest BCUT2D eigenvalue weighted by Gasteiger charge is -2.28. The third-order valence-electron chi connectivity index (χ3n) is 5.84. The zero-order valence-corrected chi connectivity index (χ0v) is 20.5. The third kappa shape index (κ3) is 5.32. The van der Waals surface area contributed by atoms with Crippen molar-refractivity contribution in [3.05, 3.63) is 58.7 Å². The molecule has 0 unspecified atom stereocenters. The lowest BCUT2D eigenvalue weighted by Crippen LogP contribution is -2.36. The fourth-order valence-electron chi connectivity index (χ4n) is 3.92. The first-order valence-electron chi connectivity index (χ1n) is 11.3. The van der Waals surface area contributed by atoms with Gasteiger partial charge in [0.2, 0.25) is 5.95 Å². The molecule has 1 fully saturated rings. The molecule has 0 radical (unpaired) electrons. The smallest absolute Gasteiger partial charge is 0.378 e. The molecule has 0 spiro atoms. The number of aromatic nitrogens is 4. The van der Waals surface area contributed by atoms with Crippen molar-refractivity contribution >= 4 is 39.2 Å². The number of nitrogens with zero attached hydrogens (tertiary/aromatic N) is 6. The average Bonchev–Trinajstić information content (AvgIpc) is 3.30. The molecule has 192 valence electrons. The predicted molar refractivity (Wildman–Crippen MR) is 134 cm³/mol. The number of nitrogens with two attached hydrogens (primary N) is 1. The van der Waals surface area contributed by atoms with Gasteiger partial charge in [-0.15, -0.1) is 11.3 Å².